The van der Waals surface area contributed by atoms with Crippen molar-refractivity contribution < 1.29 is 19.4 Å². The molecule has 6 heteroatoms. The van der Waals surface area contributed by atoms with Gasteiger partial charge in [0.1, 0.15) is 5.82 Å². The molecule has 0 saturated carbocycles. The van der Waals surface area contributed by atoms with E-state index >= 15 is 0 Å². The molecule has 3 N–H and O–H groups in total. The number of hydrogen-bond acceptors (Lipinski definition) is 3. The van der Waals surface area contributed by atoms with E-state index < -0.39 is 17.8 Å². The average molecular weight is 292 g/mol. The minimum Gasteiger partial charge on any atom is -0.394 e. The van der Waals surface area contributed by atoms with Crippen molar-refractivity contribution in [1.29, 1.82) is 0 Å². The summed E-state index contributed by atoms with van der Waals surface area (Å²) in [5, 5.41) is 20.0. The van der Waals surface area contributed by atoms with E-state index in [0.717, 1.165) is 6.07 Å². The first-order valence-electron chi connectivity index (χ1n) is 4.56. The van der Waals surface area contributed by atoms with Crippen molar-refractivity contribution in [1.82, 2.24) is 5.32 Å². The van der Waals surface area contributed by atoms with Crippen LogP contribution < -0.4 is 5.32 Å². The summed E-state index contributed by atoms with van der Waals surface area (Å²) in [6.45, 7) is -0.713. The van der Waals surface area contributed by atoms with Crippen LogP contribution in [0.25, 0.3) is 0 Å². The second-order valence-corrected chi connectivity index (χ2v) is 4.02. The van der Waals surface area contributed by atoms with E-state index in [1.165, 1.54) is 12.1 Å². The van der Waals surface area contributed by atoms with Crippen LogP contribution in [0.4, 0.5) is 4.39 Å². The SMILES string of the molecule is O=C(NC(CO)CO)c1ccc(F)c(Br)c1. The minimum atomic E-state index is -0.712. The zero-order valence-electron chi connectivity index (χ0n) is 8.28. The number of benzene rings is 1. The number of nitrogens with one attached hydrogen (secondary N) is 1. The second kappa shape index (κ2) is 5.93. The Morgan fingerprint density at radius 3 is 2.56 bits per heavy atom. The van der Waals surface area contributed by atoms with Gasteiger partial charge in [0.05, 0.1) is 23.7 Å². The fraction of sp³-hybridized carbons (Fsp3) is 0.300. The van der Waals surface area contributed by atoms with Crippen LogP contribution in [0.3, 0.4) is 0 Å². The van der Waals surface area contributed by atoms with Gasteiger partial charge in [-0.15, -0.1) is 0 Å². The summed E-state index contributed by atoms with van der Waals surface area (Å²) >= 11 is 2.96. The van der Waals surface area contributed by atoms with Gasteiger partial charge in [0.15, 0.2) is 0 Å². The second-order valence-electron chi connectivity index (χ2n) is 3.16. The van der Waals surface area contributed by atoms with Crippen LogP contribution in [0.15, 0.2) is 22.7 Å². The van der Waals surface area contributed by atoms with Crippen LogP contribution in [0.1, 0.15) is 10.4 Å². The highest BCUT2D eigenvalue weighted by Crippen LogP contribution is 2.16. The Hall–Kier alpha value is -0.980. The largest absolute Gasteiger partial charge is 0.394 e. The molecule has 0 atom stereocenters. The summed E-state index contributed by atoms with van der Waals surface area (Å²) in [4.78, 5) is 11.6. The molecule has 0 heterocycles. The summed E-state index contributed by atoms with van der Waals surface area (Å²) in [6.07, 6.45) is 0. The van der Waals surface area contributed by atoms with E-state index in [9.17, 15) is 9.18 Å². The maximum absolute atomic E-state index is 12.9. The van der Waals surface area contributed by atoms with Crippen molar-refractivity contribution in [2.45, 2.75) is 6.04 Å². The van der Waals surface area contributed by atoms with Gasteiger partial charge in [-0.1, -0.05) is 0 Å². The highest BCUT2D eigenvalue weighted by molar-refractivity contribution is 9.10. The lowest BCUT2D eigenvalue weighted by atomic mass is 10.2. The quantitative estimate of drug-likeness (QED) is 0.764. The van der Waals surface area contributed by atoms with Crippen LogP contribution in [0.2, 0.25) is 0 Å². The van der Waals surface area contributed by atoms with Gasteiger partial charge in [-0.2, -0.15) is 0 Å². The third kappa shape index (κ3) is 3.26. The van der Waals surface area contributed by atoms with Crippen molar-refractivity contribution in [2.75, 3.05) is 13.2 Å². The van der Waals surface area contributed by atoms with Crippen molar-refractivity contribution in [3.63, 3.8) is 0 Å². The van der Waals surface area contributed by atoms with Crippen molar-refractivity contribution >= 4 is 21.8 Å². The molecule has 1 amide bonds. The van der Waals surface area contributed by atoms with Crippen molar-refractivity contribution in [3.8, 4) is 0 Å². The fourth-order valence-electron chi connectivity index (χ4n) is 1.06. The first kappa shape index (κ1) is 13.1. The Morgan fingerprint density at radius 1 is 1.44 bits per heavy atom. The number of halogens is 2. The first-order valence-corrected chi connectivity index (χ1v) is 5.35. The zero-order chi connectivity index (χ0) is 12.1. The van der Waals surface area contributed by atoms with E-state index in [0.29, 0.717) is 0 Å². The lowest BCUT2D eigenvalue weighted by Gasteiger charge is -2.13. The van der Waals surface area contributed by atoms with Crippen LogP contribution in [-0.2, 0) is 0 Å². The number of aliphatic hydroxyl groups excluding tert-OH is 2. The molecule has 4 nitrogen and oxygen atoms in total. The summed E-state index contributed by atoms with van der Waals surface area (Å²) in [7, 11) is 0. The standard InChI is InChI=1S/C10H11BrFNO3/c11-8-3-6(1-2-9(8)12)10(16)13-7(4-14)5-15/h1-3,7,14-15H,4-5H2,(H,13,16). The van der Waals surface area contributed by atoms with E-state index in [4.69, 9.17) is 10.2 Å². The molecule has 88 valence electrons. The average Bonchev–Trinajstić information content (AvgIpc) is 2.29. The molecule has 0 unspecified atom stereocenters. The van der Waals surface area contributed by atoms with Gasteiger partial charge in [0.2, 0.25) is 0 Å². The van der Waals surface area contributed by atoms with Crippen LogP contribution in [-0.4, -0.2) is 35.4 Å². The van der Waals surface area contributed by atoms with Crippen molar-refractivity contribution in [3.05, 3.63) is 34.1 Å². The third-order valence-electron chi connectivity index (χ3n) is 1.96. The van der Waals surface area contributed by atoms with E-state index in [2.05, 4.69) is 21.2 Å². The van der Waals surface area contributed by atoms with Gasteiger partial charge < -0.3 is 15.5 Å². The summed E-state index contributed by atoms with van der Waals surface area (Å²) in [5.74, 6) is -0.939. The Labute approximate surface area is 100 Å². The Morgan fingerprint density at radius 2 is 2.06 bits per heavy atom. The lowest BCUT2D eigenvalue weighted by Crippen LogP contribution is -2.40. The molecule has 0 aliphatic carbocycles. The monoisotopic (exact) mass is 291 g/mol. The van der Waals surface area contributed by atoms with E-state index in [-0.39, 0.29) is 23.2 Å². The third-order valence-corrected chi connectivity index (χ3v) is 2.57. The molecule has 0 aliphatic heterocycles. The molecule has 0 radical (unpaired) electrons. The normalized spacial score (nSPS) is 10.6. The topological polar surface area (TPSA) is 69.6 Å². The first-order chi connectivity index (χ1) is 7.58. The molecule has 0 spiro atoms. The van der Waals surface area contributed by atoms with E-state index in [1.54, 1.807) is 0 Å². The van der Waals surface area contributed by atoms with Gasteiger partial charge in [-0.05, 0) is 34.1 Å². The summed E-state index contributed by atoms with van der Waals surface area (Å²) in [5.41, 5.74) is 0.250. The Bertz CT molecular complexity index is 382. The fourth-order valence-corrected chi connectivity index (χ4v) is 1.43. The van der Waals surface area contributed by atoms with Crippen molar-refractivity contribution in [2.24, 2.45) is 0 Å². The maximum Gasteiger partial charge on any atom is 0.251 e. The number of aliphatic hydroxyl groups is 2. The summed E-state index contributed by atoms with van der Waals surface area (Å²) in [6, 6.07) is 3.10. The predicted octanol–water partition coefficient (Wildman–Crippen LogP) is 0.671. The molecular weight excluding hydrogens is 281 g/mol. The zero-order valence-corrected chi connectivity index (χ0v) is 9.87. The number of carbonyl (C=O) groups excluding carboxylic acids is 1. The van der Waals surface area contributed by atoms with Gasteiger partial charge in [0.25, 0.3) is 5.91 Å². The Balaban J connectivity index is 2.76. The molecule has 1 rings (SSSR count). The highest BCUT2D eigenvalue weighted by Gasteiger charge is 2.13. The van der Waals surface area contributed by atoms with Crippen LogP contribution in [0.5, 0.6) is 0 Å². The van der Waals surface area contributed by atoms with Gasteiger partial charge in [-0.3, -0.25) is 4.79 Å². The van der Waals surface area contributed by atoms with Gasteiger partial charge in [-0.25, -0.2) is 4.39 Å². The number of rotatable bonds is 4. The molecule has 0 aliphatic rings. The highest BCUT2D eigenvalue weighted by atomic mass is 79.9. The van der Waals surface area contributed by atoms with E-state index in [1.807, 2.05) is 0 Å². The molecule has 0 saturated heterocycles. The smallest absolute Gasteiger partial charge is 0.251 e. The van der Waals surface area contributed by atoms with Crippen LogP contribution in [0, 0.1) is 5.82 Å². The minimum absolute atomic E-state index is 0.185. The molecule has 1 aromatic rings. The Kier molecular flexibility index (Phi) is 4.85. The summed E-state index contributed by atoms with van der Waals surface area (Å²) < 4.78 is 13.1. The predicted molar refractivity (Wildman–Crippen MR) is 59.5 cm³/mol. The number of amides is 1. The molecule has 16 heavy (non-hydrogen) atoms. The molecule has 0 bridgehead atoms. The number of hydrogen-bond donors (Lipinski definition) is 3. The maximum atomic E-state index is 12.9. The molecular formula is C10H11BrFNO3. The molecule has 1 aromatic carbocycles. The lowest BCUT2D eigenvalue weighted by molar-refractivity contribution is 0.0879. The number of carbonyl (C=O) groups is 1. The van der Waals surface area contributed by atoms with Gasteiger partial charge >= 0.3 is 0 Å². The van der Waals surface area contributed by atoms with Gasteiger partial charge in [0, 0.05) is 5.56 Å². The molecule has 0 fully saturated rings. The molecule has 0 aromatic heterocycles. The van der Waals surface area contributed by atoms with Crippen LogP contribution >= 0.6 is 15.9 Å².